The summed E-state index contributed by atoms with van der Waals surface area (Å²) < 4.78 is 71.4. The van der Waals surface area contributed by atoms with Crippen LogP contribution in [0.1, 0.15) is 0 Å². The zero-order chi connectivity index (χ0) is 16.5. The molecule has 0 aromatic heterocycles. The summed E-state index contributed by atoms with van der Waals surface area (Å²) in [5, 5.41) is -3.51. The fourth-order valence-electron chi connectivity index (χ4n) is 1.42. The number of halogens is 3. The van der Waals surface area contributed by atoms with E-state index in [0.29, 0.717) is 0 Å². The van der Waals surface area contributed by atoms with Crippen LogP contribution in [0, 0.1) is 0 Å². The standard InChI is InChI=1S/C9H15F3N3O5P/c1-15(2)6-13-9(8(10,11)12,14-7(17-3)20-6)21(16,18-4)19-5/h1-5H3. The molecule has 0 aromatic carbocycles. The van der Waals surface area contributed by atoms with Gasteiger partial charge in [-0.05, 0) is 0 Å². The largest absolute Gasteiger partial charge is 0.454 e. The highest BCUT2D eigenvalue weighted by molar-refractivity contribution is 7.55. The summed E-state index contributed by atoms with van der Waals surface area (Å²) in [6, 6.07) is -0.506. The van der Waals surface area contributed by atoms with E-state index in [1.807, 2.05) is 0 Å². The number of aliphatic imine (C=N–C) groups is 2. The van der Waals surface area contributed by atoms with Crippen molar-refractivity contribution in [1.29, 1.82) is 0 Å². The van der Waals surface area contributed by atoms with Crippen molar-refractivity contribution in [2.45, 2.75) is 11.6 Å². The third kappa shape index (κ3) is 2.85. The van der Waals surface area contributed by atoms with Crippen LogP contribution in [0.5, 0.6) is 0 Å². The normalized spacial score (nSPS) is 23.0. The van der Waals surface area contributed by atoms with E-state index in [4.69, 9.17) is 4.74 Å². The molecule has 0 aliphatic carbocycles. The number of hydrogen-bond donors (Lipinski definition) is 0. The van der Waals surface area contributed by atoms with Crippen LogP contribution in [0.4, 0.5) is 13.2 Å². The lowest BCUT2D eigenvalue weighted by Crippen LogP contribution is -2.48. The smallest absolute Gasteiger partial charge is 0.447 e. The predicted molar refractivity (Wildman–Crippen MR) is 67.1 cm³/mol. The van der Waals surface area contributed by atoms with E-state index in [1.54, 1.807) is 0 Å². The molecular weight excluding hydrogens is 318 g/mol. The molecule has 1 atom stereocenters. The fourth-order valence-corrected chi connectivity index (χ4v) is 2.80. The van der Waals surface area contributed by atoms with Crippen LogP contribution in [-0.2, 0) is 23.1 Å². The molecule has 0 saturated heterocycles. The predicted octanol–water partition coefficient (Wildman–Crippen LogP) is 1.64. The minimum Gasteiger partial charge on any atom is -0.454 e. The molecule has 1 unspecified atom stereocenters. The summed E-state index contributed by atoms with van der Waals surface area (Å²) in [5.74, 6) is 0. The number of methoxy groups -OCH3 is 1. The van der Waals surface area contributed by atoms with Crippen molar-refractivity contribution < 1.29 is 36.3 Å². The number of amidine groups is 1. The summed E-state index contributed by atoms with van der Waals surface area (Å²) in [5.41, 5.74) is 0. The van der Waals surface area contributed by atoms with Gasteiger partial charge in [-0.25, -0.2) is 0 Å². The molecule has 0 spiro atoms. The molecule has 1 rings (SSSR count). The van der Waals surface area contributed by atoms with E-state index >= 15 is 0 Å². The van der Waals surface area contributed by atoms with E-state index < -0.39 is 31.3 Å². The van der Waals surface area contributed by atoms with Crippen molar-refractivity contribution in [2.75, 3.05) is 35.4 Å². The van der Waals surface area contributed by atoms with Crippen molar-refractivity contribution in [3.05, 3.63) is 0 Å². The van der Waals surface area contributed by atoms with E-state index in [1.165, 1.54) is 14.1 Å². The number of ether oxygens (including phenoxy) is 2. The fraction of sp³-hybridized carbons (Fsp3) is 0.778. The molecule has 1 heterocycles. The van der Waals surface area contributed by atoms with E-state index in [9.17, 15) is 17.7 Å². The number of alkyl halides is 3. The first-order valence-corrected chi connectivity index (χ1v) is 6.98. The minimum absolute atomic E-state index is 0.506. The third-order valence-corrected chi connectivity index (χ3v) is 4.66. The number of nitrogens with zero attached hydrogens (tertiary/aromatic N) is 3. The molecule has 0 saturated carbocycles. The van der Waals surface area contributed by atoms with Gasteiger partial charge in [-0.1, -0.05) is 0 Å². The van der Waals surface area contributed by atoms with Crippen LogP contribution < -0.4 is 0 Å². The van der Waals surface area contributed by atoms with Crippen molar-refractivity contribution in [2.24, 2.45) is 9.98 Å². The Bertz CT molecular complexity index is 499. The minimum atomic E-state index is -5.18. The molecule has 1 aliphatic rings. The Balaban J connectivity index is 3.66. The van der Waals surface area contributed by atoms with Crippen molar-refractivity contribution in [1.82, 2.24) is 4.90 Å². The van der Waals surface area contributed by atoms with Crippen LogP contribution in [0.2, 0.25) is 0 Å². The Hall–Kier alpha value is -1.32. The Morgan fingerprint density at radius 1 is 1.19 bits per heavy atom. The average Bonchev–Trinajstić information content (AvgIpc) is 2.44. The van der Waals surface area contributed by atoms with Gasteiger partial charge < -0.3 is 23.4 Å². The Morgan fingerprint density at radius 3 is 2.05 bits per heavy atom. The molecule has 8 nitrogen and oxygen atoms in total. The molecule has 122 valence electrons. The van der Waals surface area contributed by atoms with Crippen LogP contribution in [0.15, 0.2) is 9.98 Å². The first-order valence-electron chi connectivity index (χ1n) is 5.44. The van der Waals surface area contributed by atoms with E-state index in [-0.39, 0.29) is 0 Å². The third-order valence-electron chi connectivity index (χ3n) is 2.48. The molecule has 21 heavy (non-hydrogen) atoms. The molecule has 0 bridgehead atoms. The lowest BCUT2D eigenvalue weighted by atomic mass is 10.5. The molecular formula is C9H15F3N3O5P. The molecule has 0 aromatic rings. The lowest BCUT2D eigenvalue weighted by Gasteiger charge is -2.35. The van der Waals surface area contributed by atoms with E-state index in [2.05, 4.69) is 23.8 Å². The molecule has 0 fully saturated rings. The van der Waals surface area contributed by atoms with Gasteiger partial charge in [0.1, 0.15) is 0 Å². The second kappa shape index (κ2) is 5.82. The Kier molecular flexibility index (Phi) is 4.91. The van der Waals surface area contributed by atoms with Gasteiger partial charge in [0.25, 0.3) is 6.02 Å². The number of hydrogen-bond acceptors (Lipinski definition) is 8. The second-order valence-corrected chi connectivity index (χ2v) is 6.32. The quantitative estimate of drug-likeness (QED) is 0.730. The average molecular weight is 333 g/mol. The SMILES string of the molecule is COC1=NC(C(F)(F)F)(P(=O)(OC)OC)N=C(N(C)C)O1. The highest BCUT2D eigenvalue weighted by Gasteiger charge is 2.71. The second-order valence-electron chi connectivity index (χ2n) is 3.97. The van der Waals surface area contributed by atoms with Gasteiger partial charge in [0, 0.05) is 28.3 Å². The first-order chi connectivity index (χ1) is 9.56. The maximum Gasteiger partial charge on any atom is 0.447 e. The summed E-state index contributed by atoms with van der Waals surface area (Å²) in [6.45, 7) is 0. The van der Waals surface area contributed by atoms with Gasteiger partial charge in [0.15, 0.2) is 0 Å². The monoisotopic (exact) mass is 333 g/mol. The van der Waals surface area contributed by atoms with Gasteiger partial charge in [0.2, 0.25) is 0 Å². The Morgan fingerprint density at radius 2 is 1.71 bits per heavy atom. The van der Waals surface area contributed by atoms with Crippen LogP contribution in [-0.4, -0.2) is 64.0 Å². The Labute approximate surface area is 119 Å². The molecule has 0 amide bonds. The van der Waals surface area contributed by atoms with Crippen molar-refractivity contribution >= 4 is 19.7 Å². The highest BCUT2D eigenvalue weighted by Crippen LogP contribution is 2.67. The van der Waals surface area contributed by atoms with Gasteiger partial charge in [-0.3, -0.25) is 4.57 Å². The van der Waals surface area contributed by atoms with E-state index in [0.717, 1.165) is 26.2 Å². The molecule has 0 radical (unpaired) electrons. The topological polar surface area (TPSA) is 82.0 Å². The van der Waals surface area contributed by atoms with Crippen molar-refractivity contribution in [3.63, 3.8) is 0 Å². The zero-order valence-electron chi connectivity index (χ0n) is 12.0. The van der Waals surface area contributed by atoms with Gasteiger partial charge in [0.05, 0.1) is 7.11 Å². The van der Waals surface area contributed by atoms with Gasteiger partial charge >= 0.3 is 25.3 Å². The van der Waals surface area contributed by atoms with Crippen LogP contribution >= 0.6 is 7.60 Å². The highest BCUT2D eigenvalue weighted by atomic mass is 31.2. The molecule has 12 heteroatoms. The maximum atomic E-state index is 13.5. The summed E-state index contributed by atoms with van der Waals surface area (Å²) in [6.07, 6.45) is -5.94. The summed E-state index contributed by atoms with van der Waals surface area (Å²) >= 11 is 0. The lowest BCUT2D eigenvalue weighted by molar-refractivity contribution is -0.165. The first kappa shape index (κ1) is 17.7. The zero-order valence-corrected chi connectivity index (χ0v) is 12.9. The maximum absolute atomic E-state index is 13.5. The van der Waals surface area contributed by atoms with Crippen molar-refractivity contribution in [3.8, 4) is 0 Å². The van der Waals surface area contributed by atoms with Crippen LogP contribution in [0.25, 0.3) is 0 Å². The molecule has 0 N–H and O–H groups in total. The van der Waals surface area contributed by atoms with Gasteiger partial charge in [-0.15, -0.1) is 0 Å². The van der Waals surface area contributed by atoms with Gasteiger partial charge in [-0.2, -0.15) is 23.2 Å². The number of rotatable bonds is 3. The molecule has 1 aliphatic heterocycles. The van der Waals surface area contributed by atoms with Crippen LogP contribution in [0.3, 0.4) is 0 Å². The summed E-state index contributed by atoms with van der Waals surface area (Å²) in [7, 11) is 0.589. The summed E-state index contributed by atoms with van der Waals surface area (Å²) in [4.78, 5) is 7.61.